The molecule has 0 atom stereocenters. The van der Waals surface area contributed by atoms with Crippen molar-refractivity contribution in [2.45, 2.75) is 4.21 Å². The van der Waals surface area contributed by atoms with Crippen molar-refractivity contribution in [3.05, 3.63) is 47.6 Å². The van der Waals surface area contributed by atoms with Gasteiger partial charge in [-0.3, -0.25) is 4.99 Å². The summed E-state index contributed by atoms with van der Waals surface area (Å²) >= 11 is 1.19. The molecule has 1 aliphatic rings. The Bertz CT molecular complexity index is 894. The number of piperazine rings is 1. The summed E-state index contributed by atoms with van der Waals surface area (Å²) in [6.07, 6.45) is 0. The number of thiophene rings is 1. The van der Waals surface area contributed by atoms with Crippen LogP contribution in [0.2, 0.25) is 0 Å². The van der Waals surface area contributed by atoms with Crippen LogP contribution in [0, 0.1) is 5.82 Å². The van der Waals surface area contributed by atoms with Gasteiger partial charge < -0.3 is 15.1 Å². The third-order valence-electron chi connectivity index (χ3n) is 4.44. The molecule has 0 bridgehead atoms. The van der Waals surface area contributed by atoms with Gasteiger partial charge in [0.2, 0.25) is 10.0 Å². The molecular weight excluding hydrogens is 401 g/mol. The van der Waals surface area contributed by atoms with Crippen molar-refractivity contribution in [2.75, 3.05) is 51.2 Å². The number of anilines is 1. The maximum atomic E-state index is 14.0. The maximum absolute atomic E-state index is 14.0. The first kappa shape index (κ1) is 20.6. The average molecular weight is 426 g/mol. The molecule has 0 saturated carbocycles. The first-order valence-electron chi connectivity index (χ1n) is 8.99. The molecule has 0 aliphatic carbocycles. The number of guanidine groups is 1. The highest BCUT2D eigenvalue weighted by atomic mass is 32.2. The predicted molar refractivity (Wildman–Crippen MR) is 111 cm³/mol. The van der Waals surface area contributed by atoms with E-state index in [2.05, 4.69) is 19.9 Å². The third kappa shape index (κ3) is 5.00. The monoisotopic (exact) mass is 425 g/mol. The first-order chi connectivity index (χ1) is 13.5. The van der Waals surface area contributed by atoms with Crippen molar-refractivity contribution >= 4 is 33.0 Å². The van der Waals surface area contributed by atoms with E-state index in [1.807, 2.05) is 11.0 Å². The third-order valence-corrected chi connectivity index (χ3v) is 7.30. The largest absolute Gasteiger partial charge is 0.366 e. The van der Waals surface area contributed by atoms with E-state index < -0.39 is 10.0 Å². The van der Waals surface area contributed by atoms with Crippen molar-refractivity contribution in [2.24, 2.45) is 4.99 Å². The van der Waals surface area contributed by atoms with Crippen LogP contribution in [0.1, 0.15) is 0 Å². The molecule has 7 nitrogen and oxygen atoms in total. The fraction of sp³-hybridized carbons (Fsp3) is 0.389. The predicted octanol–water partition coefficient (Wildman–Crippen LogP) is 1.56. The number of rotatable bonds is 6. The zero-order valence-electron chi connectivity index (χ0n) is 15.6. The number of hydrogen-bond donors (Lipinski definition) is 2. The zero-order chi connectivity index (χ0) is 20.0. The molecule has 2 N–H and O–H groups in total. The van der Waals surface area contributed by atoms with Crippen LogP contribution in [-0.4, -0.2) is 65.6 Å². The lowest BCUT2D eigenvalue weighted by molar-refractivity contribution is 0.371. The van der Waals surface area contributed by atoms with Crippen molar-refractivity contribution in [3.63, 3.8) is 0 Å². The van der Waals surface area contributed by atoms with Gasteiger partial charge >= 0.3 is 0 Å². The number of sulfonamides is 1. The zero-order valence-corrected chi connectivity index (χ0v) is 17.3. The Hall–Kier alpha value is -2.17. The van der Waals surface area contributed by atoms with E-state index in [1.54, 1.807) is 36.7 Å². The maximum Gasteiger partial charge on any atom is 0.250 e. The average Bonchev–Trinajstić information content (AvgIpc) is 3.25. The SMILES string of the molecule is CN=C(NCCNS(=O)(=O)c1cccs1)N1CCN(c2ccccc2F)CC1. The molecular formula is C18H24FN5O2S2. The quantitative estimate of drug-likeness (QED) is 0.417. The molecule has 152 valence electrons. The Kier molecular flexibility index (Phi) is 6.87. The minimum atomic E-state index is -3.46. The van der Waals surface area contributed by atoms with Crippen molar-refractivity contribution in [1.29, 1.82) is 0 Å². The molecule has 1 aromatic heterocycles. The molecule has 1 aromatic carbocycles. The van der Waals surface area contributed by atoms with E-state index in [-0.39, 0.29) is 12.4 Å². The number of halogens is 1. The van der Waals surface area contributed by atoms with Crippen LogP contribution in [0.25, 0.3) is 0 Å². The van der Waals surface area contributed by atoms with Crippen LogP contribution >= 0.6 is 11.3 Å². The van der Waals surface area contributed by atoms with Crippen LogP contribution in [0.15, 0.2) is 51.0 Å². The summed E-state index contributed by atoms with van der Waals surface area (Å²) in [5.41, 5.74) is 0.619. The number of benzene rings is 1. The van der Waals surface area contributed by atoms with Crippen molar-refractivity contribution < 1.29 is 12.8 Å². The molecule has 0 unspecified atom stereocenters. The highest BCUT2D eigenvalue weighted by Crippen LogP contribution is 2.20. The lowest BCUT2D eigenvalue weighted by atomic mass is 10.2. The lowest BCUT2D eigenvalue weighted by Gasteiger charge is -2.37. The molecule has 0 radical (unpaired) electrons. The highest BCUT2D eigenvalue weighted by Gasteiger charge is 2.21. The second-order valence-electron chi connectivity index (χ2n) is 6.23. The van der Waals surface area contributed by atoms with E-state index in [0.717, 1.165) is 0 Å². The van der Waals surface area contributed by atoms with Gasteiger partial charge in [-0.2, -0.15) is 0 Å². The summed E-state index contributed by atoms with van der Waals surface area (Å²) in [4.78, 5) is 8.39. The molecule has 1 fully saturated rings. The summed E-state index contributed by atoms with van der Waals surface area (Å²) in [6.45, 7) is 3.46. The molecule has 28 heavy (non-hydrogen) atoms. The van der Waals surface area contributed by atoms with Crippen molar-refractivity contribution in [1.82, 2.24) is 14.9 Å². The summed E-state index contributed by atoms with van der Waals surface area (Å²) in [5.74, 6) is 0.500. The van der Waals surface area contributed by atoms with Crippen LogP contribution in [0.4, 0.5) is 10.1 Å². The van der Waals surface area contributed by atoms with Gasteiger partial charge in [0.1, 0.15) is 10.0 Å². The number of para-hydroxylation sites is 1. The molecule has 3 rings (SSSR count). The van der Waals surface area contributed by atoms with E-state index in [9.17, 15) is 12.8 Å². The van der Waals surface area contributed by atoms with Gasteiger partial charge in [0.05, 0.1) is 5.69 Å². The smallest absolute Gasteiger partial charge is 0.250 e. The van der Waals surface area contributed by atoms with Gasteiger partial charge in [-0.1, -0.05) is 18.2 Å². The molecule has 0 amide bonds. The van der Waals surface area contributed by atoms with E-state index >= 15 is 0 Å². The standard InChI is InChI=1S/C18H24FN5O2S2/c1-20-18(21-8-9-22-28(25,26)17-7-4-14-27-17)24-12-10-23(11-13-24)16-6-3-2-5-15(16)19/h2-7,14,22H,8-13H2,1H3,(H,20,21). The summed E-state index contributed by atoms with van der Waals surface area (Å²) in [7, 11) is -1.76. The Morgan fingerprint density at radius 1 is 1.14 bits per heavy atom. The van der Waals surface area contributed by atoms with Gasteiger partial charge in [-0.15, -0.1) is 11.3 Å². The van der Waals surface area contributed by atoms with Gasteiger partial charge in [-0.05, 0) is 23.6 Å². The number of hydrogen-bond acceptors (Lipinski definition) is 5. The number of nitrogens with zero attached hydrogens (tertiary/aromatic N) is 3. The first-order valence-corrected chi connectivity index (χ1v) is 11.4. The molecule has 2 heterocycles. The Balaban J connectivity index is 1.46. The summed E-state index contributed by atoms with van der Waals surface area (Å²) in [6, 6.07) is 10.1. The van der Waals surface area contributed by atoms with Crippen LogP contribution in [-0.2, 0) is 10.0 Å². The fourth-order valence-corrected chi connectivity index (χ4v) is 5.12. The molecule has 1 saturated heterocycles. The minimum absolute atomic E-state index is 0.212. The van der Waals surface area contributed by atoms with Crippen LogP contribution in [0.5, 0.6) is 0 Å². The number of aliphatic imine (C=N–C) groups is 1. The van der Waals surface area contributed by atoms with Gasteiger partial charge in [-0.25, -0.2) is 17.5 Å². The van der Waals surface area contributed by atoms with E-state index in [4.69, 9.17) is 0 Å². The summed E-state index contributed by atoms with van der Waals surface area (Å²) in [5, 5.41) is 4.91. The Morgan fingerprint density at radius 3 is 2.54 bits per heavy atom. The Morgan fingerprint density at radius 2 is 1.89 bits per heavy atom. The molecule has 10 heteroatoms. The van der Waals surface area contributed by atoms with Gasteiger partial charge in [0, 0.05) is 46.3 Å². The molecule has 1 aliphatic heterocycles. The normalized spacial score (nSPS) is 15.7. The van der Waals surface area contributed by atoms with Gasteiger partial charge in [0.25, 0.3) is 0 Å². The molecule has 2 aromatic rings. The van der Waals surface area contributed by atoms with Crippen LogP contribution < -0.4 is 14.9 Å². The topological polar surface area (TPSA) is 77.0 Å². The van der Waals surface area contributed by atoms with Gasteiger partial charge in [0.15, 0.2) is 5.96 Å². The fourth-order valence-electron chi connectivity index (χ4n) is 3.05. The van der Waals surface area contributed by atoms with E-state index in [1.165, 1.54) is 17.4 Å². The van der Waals surface area contributed by atoms with E-state index in [0.29, 0.717) is 48.6 Å². The van der Waals surface area contributed by atoms with Crippen molar-refractivity contribution in [3.8, 4) is 0 Å². The van der Waals surface area contributed by atoms with Crippen LogP contribution in [0.3, 0.4) is 0 Å². The number of nitrogens with one attached hydrogen (secondary N) is 2. The Labute approximate surface area is 168 Å². The molecule has 0 spiro atoms. The summed E-state index contributed by atoms with van der Waals surface area (Å²) < 4.78 is 41.0. The second-order valence-corrected chi connectivity index (χ2v) is 9.17. The lowest BCUT2D eigenvalue weighted by Crippen LogP contribution is -2.53. The second kappa shape index (κ2) is 9.35. The minimum Gasteiger partial charge on any atom is -0.366 e. The highest BCUT2D eigenvalue weighted by molar-refractivity contribution is 7.91.